The van der Waals surface area contributed by atoms with E-state index in [4.69, 9.17) is 4.74 Å². The average molecular weight is 315 g/mol. The Morgan fingerprint density at radius 3 is 2.83 bits per heavy atom. The first-order chi connectivity index (χ1) is 11.1. The van der Waals surface area contributed by atoms with Crippen LogP contribution in [0.4, 0.5) is 0 Å². The molecule has 5 heteroatoms. The van der Waals surface area contributed by atoms with Crippen molar-refractivity contribution < 1.29 is 9.53 Å². The van der Waals surface area contributed by atoms with Crippen LogP contribution in [0, 0.1) is 0 Å². The Morgan fingerprint density at radius 2 is 2.04 bits per heavy atom. The van der Waals surface area contributed by atoms with Crippen LogP contribution in [-0.4, -0.2) is 55.2 Å². The summed E-state index contributed by atoms with van der Waals surface area (Å²) < 4.78 is 5.34. The highest BCUT2D eigenvalue weighted by molar-refractivity contribution is 5.94. The lowest BCUT2D eigenvalue weighted by Crippen LogP contribution is -2.45. The Kier molecular flexibility index (Phi) is 4.68. The fourth-order valence-corrected chi connectivity index (χ4v) is 3.08. The van der Waals surface area contributed by atoms with Crippen LogP contribution in [0.2, 0.25) is 0 Å². The standard InChI is InChI=1S/C18H25N3O2/c1-18(2,15-13-20-16-6-4-3-5-14(15)16)17(22)19-7-8-21-9-11-23-12-10-21/h3-6,13,20H,7-12H2,1-2H3,(H,19,22). The molecule has 23 heavy (non-hydrogen) atoms. The van der Waals surface area contributed by atoms with E-state index in [1.807, 2.05) is 38.2 Å². The zero-order valence-electron chi connectivity index (χ0n) is 13.9. The number of aromatic nitrogens is 1. The van der Waals surface area contributed by atoms with Crippen LogP contribution in [0.5, 0.6) is 0 Å². The van der Waals surface area contributed by atoms with E-state index in [2.05, 4.69) is 21.3 Å². The van der Waals surface area contributed by atoms with Crippen molar-refractivity contribution in [3.05, 3.63) is 36.0 Å². The number of carbonyl (C=O) groups is 1. The van der Waals surface area contributed by atoms with Crippen LogP contribution in [0.15, 0.2) is 30.5 Å². The number of carbonyl (C=O) groups excluding carboxylic acids is 1. The van der Waals surface area contributed by atoms with Gasteiger partial charge in [-0.1, -0.05) is 18.2 Å². The number of aromatic amines is 1. The maximum absolute atomic E-state index is 12.7. The van der Waals surface area contributed by atoms with Crippen LogP contribution in [0.25, 0.3) is 10.9 Å². The van der Waals surface area contributed by atoms with Crippen molar-refractivity contribution in [1.82, 2.24) is 15.2 Å². The summed E-state index contributed by atoms with van der Waals surface area (Å²) in [6, 6.07) is 8.10. The highest BCUT2D eigenvalue weighted by Crippen LogP contribution is 2.30. The third kappa shape index (κ3) is 3.41. The molecular formula is C18H25N3O2. The molecule has 0 unspecified atom stereocenters. The minimum Gasteiger partial charge on any atom is -0.379 e. The topological polar surface area (TPSA) is 57.4 Å². The fraction of sp³-hybridized carbons (Fsp3) is 0.500. The second-order valence-electron chi connectivity index (χ2n) is 6.58. The first kappa shape index (κ1) is 16.0. The van der Waals surface area contributed by atoms with Crippen LogP contribution in [-0.2, 0) is 14.9 Å². The Hall–Kier alpha value is -1.85. The molecule has 0 saturated carbocycles. The number of hydrogen-bond acceptors (Lipinski definition) is 3. The Labute approximate surface area is 137 Å². The number of para-hydroxylation sites is 1. The SMILES string of the molecule is CC(C)(C(=O)NCCN1CCOCC1)c1c[nH]c2ccccc12. The van der Waals surface area contributed by atoms with Gasteiger partial charge < -0.3 is 15.0 Å². The van der Waals surface area contributed by atoms with Gasteiger partial charge >= 0.3 is 0 Å². The van der Waals surface area contributed by atoms with E-state index < -0.39 is 5.41 Å². The summed E-state index contributed by atoms with van der Waals surface area (Å²) in [4.78, 5) is 18.3. The minimum absolute atomic E-state index is 0.0653. The van der Waals surface area contributed by atoms with Crippen molar-refractivity contribution in [2.75, 3.05) is 39.4 Å². The fourth-order valence-electron chi connectivity index (χ4n) is 3.08. The van der Waals surface area contributed by atoms with E-state index in [0.717, 1.165) is 49.3 Å². The van der Waals surface area contributed by atoms with Gasteiger partial charge in [0, 0.05) is 43.3 Å². The summed E-state index contributed by atoms with van der Waals surface area (Å²) in [7, 11) is 0. The van der Waals surface area contributed by atoms with Gasteiger partial charge in [-0.25, -0.2) is 0 Å². The Balaban J connectivity index is 1.63. The molecule has 0 radical (unpaired) electrons. The van der Waals surface area contributed by atoms with Crippen LogP contribution >= 0.6 is 0 Å². The highest BCUT2D eigenvalue weighted by Gasteiger charge is 2.31. The monoisotopic (exact) mass is 315 g/mol. The number of nitrogens with one attached hydrogen (secondary N) is 2. The molecule has 0 bridgehead atoms. The summed E-state index contributed by atoms with van der Waals surface area (Å²) in [5.74, 6) is 0.0653. The smallest absolute Gasteiger partial charge is 0.230 e. The van der Waals surface area contributed by atoms with Crippen molar-refractivity contribution in [2.45, 2.75) is 19.3 Å². The summed E-state index contributed by atoms with van der Waals surface area (Å²) in [5.41, 5.74) is 1.54. The molecule has 2 heterocycles. The molecule has 0 atom stereocenters. The predicted octanol–water partition coefficient (Wildman–Crippen LogP) is 1.89. The number of nitrogens with zero attached hydrogens (tertiary/aromatic N) is 1. The van der Waals surface area contributed by atoms with Crippen molar-refractivity contribution in [3.8, 4) is 0 Å². The second kappa shape index (κ2) is 6.72. The van der Waals surface area contributed by atoms with Crippen molar-refractivity contribution in [1.29, 1.82) is 0 Å². The summed E-state index contributed by atoms with van der Waals surface area (Å²) in [6.07, 6.45) is 1.95. The van der Waals surface area contributed by atoms with Gasteiger partial charge in [0.05, 0.1) is 18.6 Å². The van der Waals surface area contributed by atoms with E-state index in [1.165, 1.54) is 0 Å². The third-order valence-corrected chi connectivity index (χ3v) is 4.65. The van der Waals surface area contributed by atoms with Gasteiger partial charge in [0.1, 0.15) is 0 Å². The average Bonchev–Trinajstić information content (AvgIpc) is 3.00. The molecule has 0 spiro atoms. The van der Waals surface area contributed by atoms with Gasteiger partial charge in [0.15, 0.2) is 0 Å². The molecule has 3 rings (SSSR count). The quantitative estimate of drug-likeness (QED) is 0.886. The largest absolute Gasteiger partial charge is 0.379 e. The van der Waals surface area contributed by atoms with Gasteiger partial charge in [-0.15, -0.1) is 0 Å². The lowest BCUT2D eigenvalue weighted by atomic mass is 9.83. The molecule has 1 aromatic carbocycles. The zero-order chi connectivity index (χ0) is 16.3. The first-order valence-electron chi connectivity index (χ1n) is 8.24. The molecule has 0 aliphatic carbocycles. The molecule has 1 amide bonds. The van der Waals surface area contributed by atoms with E-state index in [9.17, 15) is 4.79 Å². The first-order valence-corrected chi connectivity index (χ1v) is 8.24. The molecular weight excluding hydrogens is 290 g/mol. The molecule has 1 aliphatic rings. The molecule has 1 aliphatic heterocycles. The molecule has 1 aromatic heterocycles. The van der Waals surface area contributed by atoms with Crippen molar-refractivity contribution >= 4 is 16.8 Å². The predicted molar refractivity (Wildman–Crippen MR) is 91.6 cm³/mol. The number of morpholine rings is 1. The summed E-state index contributed by atoms with van der Waals surface area (Å²) in [5, 5.41) is 4.20. The number of ether oxygens (including phenoxy) is 1. The van der Waals surface area contributed by atoms with Crippen LogP contribution in [0.3, 0.4) is 0 Å². The number of hydrogen-bond donors (Lipinski definition) is 2. The summed E-state index contributed by atoms with van der Waals surface area (Å²) in [6.45, 7) is 8.97. The number of amides is 1. The van der Waals surface area contributed by atoms with Crippen molar-refractivity contribution in [2.24, 2.45) is 0 Å². The molecule has 5 nitrogen and oxygen atoms in total. The van der Waals surface area contributed by atoms with Gasteiger partial charge in [-0.3, -0.25) is 9.69 Å². The van der Waals surface area contributed by atoms with Crippen LogP contribution < -0.4 is 5.32 Å². The number of H-pyrrole nitrogens is 1. The van der Waals surface area contributed by atoms with E-state index in [-0.39, 0.29) is 5.91 Å². The van der Waals surface area contributed by atoms with Gasteiger partial charge in [-0.05, 0) is 25.5 Å². The highest BCUT2D eigenvalue weighted by atomic mass is 16.5. The Morgan fingerprint density at radius 1 is 1.30 bits per heavy atom. The van der Waals surface area contributed by atoms with Crippen LogP contribution in [0.1, 0.15) is 19.4 Å². The maximum atomic E-state index is 12.7. The molecule has 1 saturated heterocycles. The number of benzene rings is 1. The number of fused-ring (bicyclic) bond motifs is 1. The van der Waals surface area contributed by atoms with Crippen molar-refractivity contribution in [3.63, 3.8) is 0 Å². The van der Waals surface area contributed by atoms with Gasteiger partial charge in [0.2, 0.25) is 5.91 Å². The van der Waals surface area contributed by atoms with E-state index >= 15 is 0 Å². The normalized spacial score (nSPS) is 16.6. The minimum atomic E-state index is -0.565. The second-order valence-corrected chi connectivity index (χ2v) is 6.58. The third-order valence-electron chi connectivity index (χ3n) is 4.65. The molecule has 2 N–H and O–H groups in total. The summed E-state index contributed by atoms with van der Waals surface area (Å²) >= 11 is 0. The molecule has 2 aromatic rings. The maximum Gasteiger partial charge on any atom is 0.230 e. The lowest BCUT2D eigenvalue weighted by molar-refractivity contribution is -0.125. The van der Waals surface area contributed by atoms with Gasteiger partial charge in [0.25, 0.3) is 0 Å². The van der Waals surface area contributed by atoms with E-state index in [1.54, 1.807) is 0 Å². The van der Waals surface area contributed by atoms with Gasteiger partial charge in [-0.2, -0.15) is 0 Å². The zero-order valence-corrected chi connectivity index (χ0v) is 13.9. The molecule has 124 valence electrons. The molecule has 1 fully saturated rings. The lowest BCUT2D eigenvalue weighted by Gasteiger charge is -2.28. The number of rotatable bonds is 5. The van der Waals surface area contributed by atoms with E-state index in [0.29, 0.717) is 6.54 Å². The Bertz CT molecular complexity index is 672.